The van der Waals surface area contributed by atoms with Gasteiger partial charge in [-0.2, -0.15) is 5.01 Å². The molecule has 1 heterocycles. The highest BCUT2D eigenvalue weighted by Crippen LogP contribution is 2.09. The molecule has 0 aromatic carbocycles. The molecule has 0 spiro atoms. The smallest absolute Gasteiger partial charge is 0.431 e. The van der Waals surface area contributed by atoms with E-state index in [-0.39, 0.29) is 5.16 Å². The van der Waals surface area contributed by atoms with Crippen molar-refractivity contribution in [3.05, 3.63) is 23.5 Å². The molecule has 0 aliphatic carbocycles. The molecule has 1 aliphatic heterocycles. The molecule has 0 radical (unpaired) electrons. The van der Waals surface area contributed by atoms with E-state index in [1.54, 1.807) is 6.08 Å². The number of hydrazine groups is 1. The van der Waals surface area contributed by atoms with Gasteiger partial charge >= 0.3 is 6.09 Å². The summed E-state index contributed by atoms with van der Waals surface area (Å²) in [6.45, 7) is 0. The molecule has 1 rings (SSSR count). The normalized spacial score (nSPS) is 16.1. The van der Waals surface area contributed by atoms with Gasteiger partial charge in [0.25, 0.3) is 0 Å². The van der Waals surface area contributed by atoms with Crippen molar-refractivity contribution in [2.24, 2.45) is 0 Å². The van der Waals surface area contributed by atoms with Crippen LogP contribution in [-0.2, 0) is 0 Å². The molecule has 1 aliphatic rings. The first-order chi connectivity index (χ1) is 4.72. The maximum absolute atomic E-state index is 10.3. The van der Waals surface area contributed by atoms with E-state index in [1.165, 1.54) is 12.3 Å². The number of hydrogen-bond acceptors (Lipinski definition) is 2. The molecule has 2 N–H and O–H groups in total. The van der Waals surface area contributed by atoms with Crippen LogP contribution in [0.2, 0.25) is 0 Å². The number of allylic oxidation sites excluding steroid dienone is 2. The van der Waals surface area contributed by atoms with Crippen LogP contribution in [0.1, 0.15) is 0 Å². The van der Waals surface area contributed by atoms with Gasteiger partial charge in [-0.25, -0.2) is 4.79 Å². The van der Waals surface area contributed by atoms with Crippen LogP contribution in [-0.4, -0.2) is 16.2 Å². The Hall–Kier alpha value is -1.16. The van der Waals surface area contributed by atoms with E-state index in [2.05, 4.69) is 5.43 Å². The van der Waals surface area contributed by atoms with Crippen molar-refractivity contribution >= 4 is 17.7 Å². The summed E-state index contributed by atoms with van der Waals surface area (Å²) in [5.74, 6) is 0. The minimum Gasteiger partial charge on any atom is -0.463 e. The molecular formula is C5H5ClN2O2. The van der Waals surface area contributed by atoms with Crippen molar-refractivity contribution in [1.29, 1.82) is 0 Å². The summed E-state index contributed by atoms with van der Waals surface area (Å²) in [6, 6.07) is 0. The summed E-state index contributed by atoms with van der Waals surface area (Å²) in [6.07, 6.45) is 3.43. The van der Waals surface area contributed by atoms with Gasteiger partial charge in [-0.05, 0) is 12.2 Å². The van der Waals surface area contributed by atoms with Crippen LogP contribution < -0.4 is 5.43 Å². The first-order valence-corrected chi connectivity index (χ1v) is 2.91. The topological polar surface area (TPSA) is 52.6 Å². The molecular weight excluding hydrogens is 156 g/mol. The lowest BCUT2D eigenvalue weighted by Crippen LogP contribution is -2.37. The molecule has 0 saturated carbocycles. The van der Waals surface area contributed by atoms with E-state index in [9.17, 15) is 4.79 Å². The van der Waals surface area contributed by atoms with Gasteiger partial charge in [0.15, 0.2) is 0 Å². The third kappa shape index (κ3) is 1.22. The first-order valence-electron chi connectivity index (χ1n) is 2.53. The summed E-state index contributed by atoms with van der Waals surface area (Å²) < 4.78 is 0. The molecule has 54 valence electrons. The number of hydrogen-bond donors (Lipinski definition) is 2. The van der Waals surface area contributed by atoms with E-state index in [0.717, 1.165) is 5.01 Å². The van der Waals surface area contributed by atoms with Crippen LogP contribution in [0.25, 0.3) is 0 Å². The maximum atomic E-state index is 10.3. The molecule has 5 heteroatoms. The van der Waals surface area contributed by atoms with Gasteiger partial charge in [0, 0.05) is 6.20 Å². The molecule has 0 bridgehead atoms. The zero-order valence-corrected chi connectivity index (χ0v) is 5.67. The minimum absolute atomic E-state index is 0.134. The van der Waals surface area contributed by atoms with E-state index in [0.29, 0.717) is 0 Å². The second-order valence-corrected chi connectivity index (χ2v) is 1.98. The Morgan fingerprint density at radius 1 is 1.80 bits per heavy atom. The molecule has 0 unspecified atom stereocenters. The molecule has 1 amide bonds. The Bertz CT molecular complexity index is 212. The summed E-state index contributed by atoms with van der Waals surface area (Å²) in [7, 11) is 0. The third-order valence-electron chi connectivity index (χ3n) is 0.939. The average molecular weight is 161 g/mol. The molecule has 0 atom stereocenters. The van der Waals surface area contributed by atoms with E-state index < -0.39 is 6.09 Å². The number of amides is 1. The lowest BCUT2D eigenvalue weighted by atomic mass is 10.5. The van der Waals surface area contributed by atoms with Gasteiger partial charge in [-0.1, -0.05) is 11.6 Å². The van der Waals surface area contributed by atoms with Crippen molar-refractivity contribution in [3.63, 3.8) is 0 Å². The number of carboxylic acid groups (broad SMARTS) is 1. The van der Waals surface area contributed by atoms with Crippen LogP contribution >= 0.6 is 11.6 Å². The second kappa shape index (κ2) is 2.62. The van der Waals surface area contributed by atoms with Crippen LogP contribution in [0.5, 0.6) is 0 Å². The highest BCUT2D eigenvalue weighted by Gasteiger charge is 2.14. The fourth-order valence-electron chi connectivity index (χ4n) is 0.528. The number of halogens is 1. The van der Waals surface area contributed by atoms with Gasteiger partial charge < -0.3 is 5.11 Å². The Morgan fingerprint density at radius 3 is 2.90 bits per heavy atom. The van der Waals surface area contributed by atoms with Crippen molar-refractivity contribution in [1.82, 2.24) is 10.4 Å². The maximum Gasteiger partial charge on any atom is 0.431 e. The molecule has 10 heavy (non-hydrogen) atoms. The molecule has 4 nitrogen and oxygen atoms in total. The quantitative estimate of drug-likeness (QED) is 0.522. The number of nitrogens with one attached hydrogen (secondary N) is 1. The van der Waals surface area contributed by atoms with Gasteiger partial charge in [0.2, 0.25) is 0 Å². The van der Waals surface area contributed by atoms with Crippen LogP contribution in [0.4, 0.5) is 4.79 Å². The van der Waals surface area contributed by atoms with Crippen LogP contribution in [0, 0.1) is 0 Å². The second-order valence-electron chi connectivity index (χ2n) is 1.60. The Morgan fingerprint density at radius 2 is 2.50 bits per heavy atom. The highest BCUT2D eigenvalue weighted by atomic mass is 35.5. The van der Waals surface area contributed by atoms with Gasteiger partial charge in [-0.15, -0.1) is 0 Å². The van der Waals surface area contributed by atoms with E-state index >= 15 is 0 Å². The summed E-state index contributed by atoms with van der Waals surface area (Å²) >= 11 is 5.47. The Kier molecular flexibility index (Phi) is 1.82. The predicted molar refractivity (Wildman–Crippen MR) is 36.1 cm³/mol. The fourth-order valence-corrected chi connectivity index (χ4v) is 0.722. The zero-order valence-electron chi connectivity index (χ0n) is 4.91. The van der Waals surface area contributed by atoms with Crippen molar-refractivity contribution in [3.8, 4) is 0 Å². The van der Waals surface area contributed by atoms with Crippen molar-refractivity contribution in [2.45, 2.75) is 0 Å². The molecule has 0 fully saturated rings. The zero-order chi connectivity index (χ0) is 7.56. The summed E-state index contributed by atoms with van der Waals surface area (Å²) in [5, 5.41) is 9.35. The summed E-state index contributed by atoms with van der Waals surface area (Å²) in [5.41, 5.74) is 2.42. The molecule has 0 aromatic heterocycles. The monoisotopic (exact) mass is 160 g/mol. The Balaban J connectivity index is 2.73. The SMILES string of the molecule is O=C(O)N1NC=CC=C1Cl. The average Bonchev–Trinajstić information content (AvgIpc) is 1.88. The van der Waals surface area contributed by atoms with Gasteiger partial charge in [0.05, 0.1) is 0 Å². The summed E-state index contributed by atoms with van der Waals surface area (Å²) in [4.78, 5) is 10.3. The van der Waals surface area contributed by atoms with E-state index in [1.807, 2.05) is 0 Å². The van der Waals surface area contributed by atoms with Gasteiger partial charge in [0.1, 0.15) is 5.16 Å². The minimum atomic E-state index is -1.13. The Labute approximate surface area is 62.4 Å². The first kappa shape index (κ1) is 6.95. The standard InChI is InChI=1S/C5H5ClN2O2/c6-4-2-1-3-7-8(4)5(9)10/h1-3,7H,(H,9,10). The fraction of sp³-hybridized carbons (Fsp3) is 0. The lowest BCUT2D eigenvalue weighted by molar-refractivity contribution is 0.150. The number of carbonyl (C=O) groups is 1. The van der Waals surface area contributed by atoms with Crippen LogP contribution in [0.3, 0.4) is 0 Å². The number of nitrogens with zero attached hydrogens (tertiary/aromatic N) is 1. The molecule has 0 aromatic rings. The predicted octanol–water partition coefficient (Wildman–Crippen LogP) is 1.08. The van der Waals surface area contributed by atoms with Crippen molar-refractivity contribution in [2.75, 3.05) is 0 Å². The largest absolute Gasteiger partial charge is 0.463 e. The van der Waals surface area contributed by atoms with Crippen LogP contribution in [0.15, 0.2) is 23.5 Å². The molecule has 0 saturated heterocycles. The van der Waals surface area contributed by atoms with E-state index in [4.69, 9.17) is 16.7 Å². The van der Waals surface area contributed by atoms with Gasteiger partial charge in [-0.3, -0.25) is 5.43 Å². The number of rotatable bonds is 0. The van der Waals surface area contributed by atoms with Crippen molar-refractivity contribution < 1.29 is 9.90 Å². The lowest BCUT2D eigenvalue weighted by Gasteiger charge is -2.19. The highest BCUT2D eigenvalue weighted by molar-refractivity contribution is 6.30. The third-order valence-corrected chi connectivity index (χ3v) is 1.23.